The lowest BCUT2D eigenvalue weighted by molar-refractivity contribution is 1.06. The average molecular weight is 180 g/mol. The lowest BCUT2D eigenvalue weighted by Gasteiger charge is -2.02. The van der Waals surface area contributed by atoms with Crippen LogP contribution in [0.3, 0.4) is 0 Å². The van der Waals surface area contributed by atoms with E-state index in [1.54, 1.807) is 0 Å². The van der Waals surface area contributed by atoms with Crippen molar-refractivity contribution in [2.24, 2.45) is 0 Å². The monoisotopic (exact) mass is 180 g/mol. The van der Waals surface area contributed by atoms with Gasteiger partial charge in [0.1, 0.15) is 0 Å². The highest BCUT2D eigenvalue weighted by Crippen LogP contribution is 2.29. The maximum absolute atomic E-state index is 9.84. The van der Waals surface area contributed by atoms with Crippen LogP contribution >= 0.6 is 0 Å². The van der Waals surface area contributed by atoms with Gasteiger partial charge in [-0.15, -0.1) is 0 Å². The molecule has 0 saturated carbocycles. The van der Waals surface area contributed by atoms with E-state index in [2.05, 4.69) is 0 Å². The van der Waals surface area contributed by atoms with Gasteiger partial charge in [0.15, 0.2) is 11.4 Å². The summed E-state index contributed by atoms with van der Waals surface area (Å²) in [6.45, 7) is 0. The van der Waals surface area contributed by atoms with Crippen LogP contribution in [0, 0.1) is 0 Å². The highest BCUT2D eigenvalue weighted by atomic mass is 15.2. The molecule has 4 aliphatic heterocycles. The molecule has 0 atom stereocenters. The van der Waals surface area contributed by atoms with Crippen molar-refractivity contribution in [3.8, 4) is 11.1 Å². The van der Waals surface area contributed by atoms with Crippen molar-refractivity contribution in [2.75, 3.05) is 0 Å². The van der Waals surface area contributed by atoms with Gasteiger partial charge < -0.3 is 5.53 Å². The van der Waals surface area contributed by atoms with Gasteiger partial charge in [-0.05, 0) is 35.4 Å². The summed E-state index contributed by atoms with van der Waals surface area (Å²) in [5.41, 5.74) is 13.8. The SMILES string of the molecule is [N-]=[N+]1c2ccc(cc2)-c2ccc1cc2. The molecule has 0 N–H and O–H groups in total. The van der Waals surface area contributed by atoms with Crippen LogP contribution in [0.25, 0.3) is 16.7 Å². The van der Waals surface area contributed by atoms with Gasteiger partial charge >= 0.3 is 0 Å². The number of hydrogen-bond acceptors (Lipinski definition) is 0. The molecular weight excluding hydrogens is 172 g/mol. The van der Waals surface area contributed by atoms with Crippen molar-refractivity contribution in [3.63, 3.8) is 0 Å². The third-order valence-electron chi connectivity index (χ3n) is 2.56. The second-order valence-corrected chi connectivity index (χ2v) is 3.41. The second-order valence-electron chi connectivity index (χ2n) is 3.41. The summed E-state index contributed by atoms with van der Waals surface area (Å²) < 4.78 is 1.19. The van der Waals surface area contributed by atoms with E-state index < -0.39 is 0 Å². The van der Waals surface area contributed by atoms with Gasteiger partial charge in [0.2, 0.25) is 0 Å². The molecule has 0 spiro atoms. The van der Waals surface area contributed by atoms with Crippen molar-refractivity contribution in [1.82, 2.24) is 4.70 Å². The Balaban J connectivity index is 2.45. The third-order valence-corrected chi connectivity index (χ3v) is 2.56. The Hall–Kier alpha value is -1.96. The first-order chi connectivity index (χ1) is 6.84. The predicted molar refractivity (Wildman–Crippen MR) is 56.7 cm³/mol. The summed E-state index contributed by atoms with van der Waals surface area (Å²) in [5, 5.41) is 0. The van der Waals surface area contributed by atoms with E-state index in [4.69, 9.17) is 0 Å². The maximum atomic E-state index is 9.84. The van der Waals surface area contributed by atoms with Crippen molar-refractivity contribution in [3.05, 3.63) is 54.1 Å². The zero-order valence-corrected chi connectivity index (χ0v) is 7.51. The Labute approximate surface area is 81.9 Å². The third kappa shape index (κ3) is 0.909. The molecule has 0 saturated heterocycles. The molecule has 4 aliphatic rings. The molecule has 4 heterocycles. The van der Waals surface area contributed by atoms with E-state index in [9.17, 15) is 5.53 Å². The lowest BCUT2D eigenvalue weighted by atomic mass is 10.1. The molecule has 2 aromatic carbocycles. The second kappa shape index (κ2) is 2.51. The van der Waals surface area contributed by atoms with E-state index in [1.807, 2.05) is 48.5 Å². The Morgan fingerprint density at radius 2 is 1.00 bits per heavy atom. The lowest BCUT2D eigenvalue weighted by Crippen LogP contribution is -1.94. The standard InChI is InChI=1S/C12H8N2/c13-14-11-5-1-9(2-6-11)10-3-7-12(14)8-4-10/h1-8H. The van der Waals surface area contributed by atoms with Crippen molar-refractivity contribution >= 4 is 11.4 Å². The van der Waals surface area contributed by atoms with Crippen LogP contribution in [0.1, 0.15) is 0 Å². The van der Waals surface area contributed by atoms with Gasteiger partial charge in [0, 0.05) is 24.3 Å². The van der Waals surface area contributed by atoms with Gasteiger partial charge in [-0.2, -0.15) is 0 Å². The fourth-order valence-corrected chi connectivity index (χ4v) is 1.74. The highest BCUT2D eigenvalue weighted by Gasteiger charge is 2.10. The maximum Gasteiger partial charge on any atom is 0.199 e. The predicted octanol–water partition coefficient (Wildman–Crippen LogP) is 3.52. The molecule has 6 rings (SSSR count). The summed E-state index contributed by atoms with van der Waals surface area (Å²) in [4.78, 5) is 0. The Kier molecular flexibility index (Phi) is 1.34. The van der Waals surface area contributed by atoms with Crippen LogP contribution in [0.2, 0.25) is 0 Å². The van der Waals surface area contributed by atoms with Crippen LogP contribution in [-0.2, 0) is 0 Å². The number of nitrogens with zero attached hydrogens (tertiary/aromatic N) is 2. The molecule has 0 unspecified atom stereocenters. The molecule has 2 heteroatoms. The van der Waals surface area contributed by atoms with Crippen LogP contribution in [0.15, 0.2) is 48.5 Å². The van der Waals surface area contributed by atoms with Crippen molar-refractivity contribution < 1.29 is 0 Å². The van der Waals surface area contributed by atoms with Gasteiger partial charge in [-0.25, -0.2) is 4.70 Å². The van der Waals surface area contributed by atoms with Gasteiger partial charge in [-0.1, -0.05) is 0 Å². The normalized spacial score (nSPS) is 12.4. The summed E-state index contributed by atoms with van der Waals surface area (Å²) in [6.07, 6.45) is 0. The van der Waals surface area contributed by atoms with E-state index in [0.29, 0.717) is 0 Å². The Morgan fingerprint density at radius 1 is 0.643 bits per heavy atom. The minimum Gasteiger partial charge on any atom is -0.493 e. The minimum absolute atomic E-state index is 0.793. The first-order valence-corrected chi connectivity index (χ1v) is 4.54. The summed E-state index contributed by atoms with van der Waals surface area (Å²) >= 11 is 0. The molecule has 2 aromatic rings. The van der Waals surface area contributed by atoms with E-state index in [-0.39, 0.29) is 0 Å². The van der Waals surface area contributed by atoms with E-state index in [0.717, 1.165) is 11.4 Å². The molecular formula is C12H8N2. The molecule has 0 aromatic heterocycles. The smallest absolute Gasteiger partial charge is 0.199 e. The molecule has 0 fully saturated rings. The van der Waals surface area contributed by atoms with Gasteiger partial charge in [-0.3, -0.25) is 0 Å². The minimum atomic E-state index is 0.793. The summed E-state index contributed by atoms with van der Waals surface area (Å²) in [7, 11) is 0. The van der Waals surface area contributed by atoms with E-state index in [1.165, 1.54) is 15.8 Å². The average Bonchev–Trinajstić information content (AvgIpc) is 2.42. The molecule has 0 radical (unpaired) electrons. The van der Waals surface area contributed by atoms with Gasteiger partial charge in [0.05, 0.1) is 0 Å². The number of benzene rings is 2. The van der Waals surface area contributed by atoms with Crippen LogP contribution < -0.4 is 4.70 Å². The number of hydrogen-bond donors (Lipinski definition) is 0. The number of rotatable bonds is 0. The summed E-state index contributed by atoms with van der Waals surface area (Å²) in [5.74, 6) is 0. The molecule has 0 aliphatic carbocycles. The Bertz CT molecular complexity index is 447. The van der Waals surface area contributed by atoms with Crippen LogP contribution in [-0.4, -0.2) is 0 Å². The van der Waals surface area contributed by atoms with Crippen LogP contribution in [0.5, 0.6) is 0 Å². The molecule has 4 bridgehead atoms. The first-order valence-electron chi connectivity index (χ1n) is 4.54. The largest absolute Gasteiger partial charge is 0.493 e. The Morgan fingerprint density at radius 3 is 1.36 bits per heavy atom. The van der Waals surface area contributed by atoms with Gasteiger partial charge in [0.25, 0.3) is 0 Å². The zero-order valence-electron chi connectivity index (χ0n) is 7.51. The van der Waals surface area contributed by atoms with Crippen molar-refractivity contribution in [2.45, 2.75) is 0 Å². The molecule has 14 heavy (non-hydrogen) atoms. The molecule has 0 amide bonds. The fraction of sp³-hybridized carbons (Fsp3) is 0. The summed E-state index contributed by atoms with van der Waals surface area (Å²) in [6, 6.07) is 15.7. The highest BCUT2D eigenvalue weighted by molar-refractivity contribution is 5.70. The first kappa shape index (κ1) is 7.44. The molecule has 2 nitrogen and oxygen atoms in total. The quantitative estimate of drug-likeness (QED) is 0.473. The van der Waals surface area contributed by atoms with E-state index >= 15 is 0 Å². The topological polar surface area (TPSA) is 25.3 Å². The van der Waals surface area contributed by atoms with Crippen LogP contribution in [0.4, 0.5) is 11.4 Å². The molecule has 66 valence electrons. The zero-order chi connectivity index (χ0) is 9.54. The van der Waals surface area contributed by atoms with Crippen molar-refractivity contribution in [1.29, 1.82) is 0 Å². The fourth-order valence-electron chi connectivity index (χ4n) is 1.74.